The molecule has 0 fully saturated rings. The number of pyridine rings is 1. The maximum absolute atomic E-state index is 12.5. The predicted molar refractivity (Wildman–Crippen MR) is 103 cm³/mol. The standard InChI is InChI=1S/C22H18N2O2/c25-22-18(15-26-21-4-2-1-3-20(21)22)14-24-19-7-5-16(6-8-19)13-17-9-11-23-12-10-17/h1-12,15,24H,13-14H2. The Kier molecular flexibility index (Phi) is 4.48. The van der Waals surface area contributed by atoms with E-state index in [1.807, 2.05) is 36.4 Å². The van der Waals surface area contributed by atoms with E-state index in [4.69, 9.17) is 4.42 Å². The van der Waals surface area contributed by atoms with Crippen LogP contribution >= 0.6 is 0 Å². The molecule has 1 N–H and O–H groups in total. The van der Waals surface area contributed by atoms with Gasteiger partial charge in [-0.2, -0.15) is 0 Å². The summed E-state index contributed by atoms with van der Waals surface area (Å²) in [6, 6.07) is 19.6. The number of nitrogens with zero attached hydrogens (tertiary/aromatic N) is 1. The lowest BCUT2D eigenvalue weighted by atomic mass is 10.1. The third-order valence-electron chi connectivity index (χ3n) is 4.35. The van der Waals surface area contributed by atoms with Crippen molar-refractivity contribution in [2.45, 2.75) is 13.0 Å². The number of fused-ring (bicyclic) bond motifs is 1. The molecule has 0 saturated carbocycles. The fourth-order valence-corrected chi connectivity index (χ4v) is 2.91. The van der Waals surface area contributed by atoms with E-state index in [0.29, 0.717) is 23.1 Å². The number of hydrogen-bond acceptors (Lipinski definition) is 4. The number of para-hydroxylation sites is 1. The fourth-order valence-electron chi connectivity index (χ4n) is 2.91. The summed E-state index contributed by atoms with van der Waals surface area (Å²) in [5, 5.41) is 3.90. The Morgan fingerprint density at radius 2 is 1.62 bits per heavy atom. The Hall–Kier alpha value is -3.40. The van der Waals surface area contributed by atoms with Crippen molar-refractivity contribution in [1.29, 1.82) is 0 Å². The van der Waals surface area contributed by atoms with Crippen molar-refractivity contribution in [3.05, 3.63) is 106 Å². The summed E-state index contributed by atoms with van der Waals surface area (Å²) in [5.41, 5.74) is 4.66. The van der Waals surface area contributed by atoms with Gasteiger partial charge in [0.15, 0.2) is 5.43 Å². The molecule has 4 nitrogen and oxygen atoms in total. The number of rotatable bonds is 5. The van der Waals surface area contributed by atoms with Crippen LogP contribution in [0.5, 0.6) is 0 Å². The molecule has 0 amide bonds. The van der Waals surface area contributed by atoms with Gasteiger partial charge >= 0.3 is 0 Å². The van der Waals surface area contributed by atoms with Crippen molar-refractivity contribution in [3.8, 4) is 0 Å². The van der Waals surface area contributed by atoms with Gasteiger partial charge in [0.1, 0.15) is 5.58 Å². The zero-order chi connectivity index (χ0) is 17.8. The van der Waals surface area contributed by atoms with Gasteiger partial charge < -0.3 is 9.73 Å². The molecule has 0 bridgehead atoms. The Bertz CT molecular complexity index is 1070. The summed E-state index contributed by atoms with van der Waals surface area (Å²) in [6.45, 7) is 0.427. The highest BCUT2D eigenvalue weighted by Crippen LogP contribution is 2.15. The number of anilines is 1. The average Bonchev–Trinajstić information content (AvgIpc) is 2.70. The van der Waals surface area contributed by atoms with Crippen molar-refractivity contribution in [2.75, 3.05) is 5.32 Å². The van der Waals surface area contributed by atoms with Crippen LogP contribution in [0.15, 0.2) is 88.5 Å². The molecule has 0 radical (unpaired) electrons. The minimum Gasteiger partial charge on any atom is -0.464 e. The Morgan fingerprint density at radius 3 is 2.42 bits per heavy atom. The van der Waals surface area contributed by atoms with Gasteiger partial charge in [-0.1, -0.05) is 24.3 Å². The first kappa shape index (κ1) is 16.1. The maximum Gasteiger partial charge on any atom is 0.197 e. The lowest BCUT2D eigenvalue weighted by Crippen LogP contribution is -2.12. The largest absolute Gasteiger partial charge is 0.464 e. The van der Waals surface area contributed by atoms with E-state index in [0.717, 1.165) is 12.1 Å². The van der Waals surface area contributed by atoms with Gasteiger partial charge in [0.25, 0.3) is 0 Å². The Morgan fingerprint density at radius 1 is 0.885 bits per heavy atom. The van der Waals surface area contributed by atoms with Crippen molar-refractivity contribution < 1.29 is 4.42 Å². The second-order valence-corrected chi connectivity index (χ2v) is 6.17. The second kappa shape index (κ2) is 7.23. The molecule has 0 aliphatic heterocycles. The van der Waals surface area contributed by atoms with Crippen LogP contribution in [0.1, 0.15) is 16.7 Å². The molecule has 2 aromatic heterocycles. The van der Waals surface area contributed by atoms with Gasteiger partial charge in [-0.25, -0.2) is 0 Å². The summed E-state index contributed by atoms with van der Waals surface area (Å²) in [5.74, 6) is 0. The molecule has 0 aliphatic rings. The first-order valence-corrected chi connectivity index (χ1v) is 8.51. The van der Waals surface area contributed by atoms with E-state index in [1.165, 1.54) is 17.4 Å². The van der Waals surface area contributed by atoms with Crippen LogP contribution in [-0.4, -0.2) is 4.98 Å². The van der Waals surface area contributed by atoms with Crippen molar-refractivity contribution in [1.82, 2.24) is 4.98 Å². The van der Waals surface area contributed by atoms with Crippen LogP contribution in [0.3, 0.4) is 0 Å². The third kappa shape index (κ3) is 3.49. The van der Waals surface area contributed by atoms with Crippen LogP contribution in [0, 0.1) is 0 Å². The van der Waals surface area contributed by atoms with Crippen molar-refractivity contribution >= 4 is 16.7 Å². The van der Waals surface area contributed by atoms with Crippen LogP contribution in [0.4, 0.5) is 5.69 Å². The molecule has 0 unspecified atom stereocenters. The minimum atomic E-state index is 0.00802. The quantitative estimate of drug-likeness (QED) is 0.584. The molecule has 2 heterocycles. The monoisotopic (exact) mass is 342 g/mol. The van der Waals surface area contributed by atoms with Gasteiger partial charge in [0.05, 0.1) is 17.2 Å². The SMILES string of the molecule is O=c1c(CNc2ccc(Cc3ccncc3)cc2)coc2ccccc12. The highest BCUT2D eigenvalue weighted by atomic mass is 16.3. The molecule has 128 valence electrons. The average molecular weight is 342 g/mol. The molecule has 0 aliphatic carbocycles. The van der Waals surface area contributed by atoms with Gasteiger partial charge in [0.2, 0.25) is 0 Å². The first-order valence-electron chi connectivity index (χ1n) is 8.51. The maximum atomic E-state index is 12.5. The van der Waals surface area contributed by atoms with Crippen LogP contribution in [-0.2, 0) is 13.0 Å². The fraction of sp³-hybridized carbons (Fsp3) is 0.0909. The third-order valence-corrected chi connectivity index (χ3v) is 4.35. The van der Waals surface area contributed by atoms with Gasteiger partial charge in [0, 0.05) is 24.6 Å². The Balaban J connectivity index is 1.45. The lowest BCUT2D eigenvalue weighted by molar-refractivity contribution is 0.594. The lowest BCUT2D eigenvalue weighted by Gasteiger charge is -2.08. The molecule has 2 aromatic carbocycles. The zero-order valence-corrected chi connectivity index (χ0v) is 14.2. The van der Waals surface area contributed by atoms with E-state index in [1.54, 1.807) is 24.5 Å². The molecule has 4 heteroatoms. The van der Waals surface area contributed by atoms with E-state index < -0.39 is 0 Å². The van der Waals surface area contributed by atoms with Gasteiger partial charge in [-0.3, -0.25) is 9.78 Å². The summed E-state index contributed by atoms with van der Waals surface area (Å²) < 4.78 is 5.55. The molecule has 0 atom stereocenters. The molecular formula is C22H18N2O2. The molecule has 0 saturated heterocycles. The van der Waals surface area contributed by atoms with Crippen molar-refractivity contribution in [2.24, 2.45) is 0 Å². The highest BCUT2D eigenvalue weighted by molar-refractivity contribution is 5.76. The summed E-state index contributed by atoms with van der Waals surface area (Å²) >= 11 is 0. The van der Waals surface area contributed by atoms with E-state index in [-0.39, 0.29) is 5.43 Å². The number of hydrogen-bond donors (Lipinski definition) is 1. The number of nitrogens with one attached hydrogen (secondary N) is 1. The molecular weight excluding hydrogens is 324 g/mol. The highest BCUT2D eigenvalue weighted by Gasteiger charge is 2.06. The van der Waals surface area contributed by atoms with Crippen LogP contribution < -0.4 is 10.7 Å². The van der Waals surface area contributed by atoms with E-state index >= 15 is 0 Å². The van der Waals surface area contributed by atoms with Crippen LogP contribution in [0.2, 0.25) is 0 Å². The second-order valence-electron chi connectivity index (χ2n) is 6.17. The van der Waals surface area contributed by atoms with E-state index in [2.05, 4.69) is 22.4 Å². The molecule has 4 aromatic rings. The predicted octanol–water partition coefficient (Wildman–Crippen LogP) is 4.39. The smallest absolute Gasteiger partial charge is 0.197 e. The minimum absolute atomic E-state index is 0.00802. The summed E-state index contributed by atoms with van der Waals surface area (Å²) in [4.78, 5) is 16.5. The van der Waals surface area contributed by atoms with Crippen LogP contribution in [0.25, 0.3) is 11.0 Å². The zero-order valence-electron chi connectivity index (χ0n) is 14.2. The number of aromatic nitrogens is 1. The van der Waals surface area contributed by atoms with Gasteiger partial charge in [-0.15, -0.1) is 0 Å². The Labute approximate surface area is 151 Å². The molecule has 0 spiro atoms. The van der Waals surface area contributed by atoms with Gasteiger partial charge in [-0.05, 0) is 53.9 Å². The topological polar surface area (TPSA) is 55.1 Å². The van der Waals surface area contributed by atoms with Crippen molar-refractivity contribution in [3.63, 3.8) is 0 Å². The normalized spacial score (nSPS) is 10.8. The van der Waals surface area contributed by atoms with E-state index in [9.17, 15) is 4.79 Å². The molecule has 4 rings (SSSR count). The molecule has 26 heavy (non-hydrogen) atoms. The summed E-state index contributed by atoms with van der Waals surface area (Å²) in [6.07, 6.45) is 6.02. The number of benzene rings is 2. The summed E-state index contributed by atoms with van der Waals surface area (Å²) in [7, 11) is 0. The first-order chi connectivity index (χ1) is 12.8.